The third-order valence-electron chi connectivity index (χ3n) is 7.07. The van der Waals surface area contributed by atoms with Crippen molar-refractivity contribution in [2.75, 3.05) is 18.4 Å². The first kappa shape index (κ1) is 25.2. The number of aromatic nitrogens is 5. The number of hydrogen-bond donors (Lipinski definition) is 3. The summed E-state index contributed by atoms with van der Waals surface area (Å²) in [5, 5.41) is 19.2. The maximum atomic E-state index is 11.7. The van der Waals surface area contributed by atoms with Crippen molar-refractivity contribution in [3.63, 3.8) is 0 Å². The molecule has 4 N–H and O–H groups in total. The monoisotopic (exact) mass is 540 g/mol. The Morgan fingerprint density at radius 3 is 2.79 bits per heavy atom. The van der Waals surface area contributed by atoms with E-state index in [2.05, 4.69) is 44.1 Å². The maximum absolute atomic E-state index is 11.7. The number of fused-ring (bicyclic) bond motifs is 3. The summed E-state index contributed by atoms with van der Waals surface area (Å²) in [6, 6.07) is 13.6. The Kier molecular flexibility index (Phi) is 7.08. The summed E-state index contributed by atoms with van der Waals surface area (Å²) in [6.45, 7) is 2.79. The number of benzene rings is 2. The van der Waals surface area contributed by atoms with Crippen molar-refractivity contribution < 1.29 is 4.79 Å². The van der Waals surface area contributed by atoms with Crippen LogP contribution in [0, 0.1) is 0 Å². The Labute approximate surface area is 230 Å². The van der Waals surface area contributed by atoms with Gasteiger partial charge in [0.2, 0.25) is 5.91 Å². The quantitative estimate of drug-likeness (QED) is 0.167. The van der Waals surface area contributed by atoms with Crippen LogP contribution in [0.25, 0.3) is 21.7 Å². The van der Waals surface area contributed by atoms with Gasteiger partial charge >= 0.3 is 0 Å². The minimum Gasteiger partial charge on any atom is -0.368 e. The number of anilines is 1. The van der Waals surface area contributed by atoms with Crippen LogP contribution in [0.15, 0.2) is 61.1 Å². The van der Waals surface area contributed by atoms with E-state index in [4.69, 9.17) is 22.3 Å². The van der Waals surface area contributed by atoms with Gasteiger partial charge in [-0.3, -0.25) is 14.5 Å². The molecule has 0 spiro atoms. The fourth-order valence-electron chi connectivity index (χ4n) is 4.84. The first-order chi connectivity index (χ1) is 19.0. The number of pyridine rings is 2. The van der Waals surface area contributed by atoms with E-state index >= 15 is 0 Å². The molecule has 6 rings (SSSR count). The number of carbonyl (C=O) groups excluding carboxylic acids is 1. The van der Waals surface area contributed by atoms with Crippen LogP contribution in [0.2, 0.25) is 5.02 Å². The highest BCUT2D eigenvalue weighted by atomic mass is 35.5. The number of nitrogens with two attached hydrogens (primary N) is 1. The molecule has 10 heteroatoms. The molecule has 1 aliphatic rings. The minimum absolute atomic E-state index is 0.420. The van der Waals surface area contributed by atoms with E-state index in [9.17, 15) is 4.79 Å². The van der Waals surface area contributed by atoms with Crippen LogP contribution in [-0.4, -0.2) is 44.0 Å². The average Bonchev–Trinajstić information content (AvgIpc) is 3.69. The van der Waals surface area contributed by atoms with Gasteiger partial charge in [-0.1, -0.05) is 35.0 Å². The van der Waals surface area contributed by atoms with Crippen molar-refractivity contribution >= 4 is 45.0 Å². The molecule has 0 aliphatic heterocycles. The van der Waals surface area contributed by atoms with E-state index in [-0.39, 0.29) is 0 Å². The number of rotatable bonds is 11. The molecule has 39 heavy (non-hydrogen) atoms. The van der Waals surface area contributed by atoms with E-state index in [1.54, 1.807) is 18.3 Å². The van der Waals surface area contributed by atoms with E-state index in [0.717, 1.165) is 52.2 Å². The molecule has 1 amide bonds. The number of amides is 1. The standard InChI is InChI=1S/C29H29ClN8O/c30-26-13-18(1-5-22(26)19-2-3-19)15-32-9-7-21-17-38(37-36-21)12-11-34-29-24-8-10-33-16-25(24)23-6-4-20(28(31)39)14-27(23)35-29/h1,4-6,8,10,13-14,16-17,19,32H,2-3,7,9,11-12,15H2,(H2,31,39)(H,34,35). The lowest BCUT2D eigenvalue weighted by Crippen LogP contribution is -2.17. The lowest BCUT2D eigenvalue weighted by Gasteiger charge is -2.12. The lowest BCUT2D eigenvalue weighted by molar-refractivity contribution is 0.100. The van der Waals surface area contributed by atoms with Crippen molar-refractivity contribution in [1.82, 2.24) is 30.3 Å². The van der Waals surface area contributed by atoms with Crippen LogP contribution in [0.5, 0.6) is 0 Å². The van der Waals surface area contributed by atoms with Gasteiger partial charge in [-0.15, -0.1) is 5.10 Å². The molecule has 198 valence electrons. The zero-order valence-corrected chi connectivity index (χ0v) is 22.2. The van der Waals surface area contributed by atoms with E-state index < -0.39 is 5.91 Å². The van der Waals surface area contributed by atoms with Gasteiger partial charge in [-0.25, -0.2) is 4.98 Å². The van der Waals surface area contributed by atoms with E-state index in [0.29, 0.717) is 30.1 Å². The van der Waals surface area contributed by atoms with Crippen molar-refractivity contribution in [2.45, 2.75) is 38.3 Å². The van der Waals surface area contributed by atoms with Gasteiger partial charge in [-0.2, -0.15) is 0 Å². The smallest absolute Gasteiger partial charge is 0.248 e. The van der Waals surface area contributed by atoms with Crippen LogP contribution >= 0.6 is 11.6 Å². The Hall–Kier alpha value is -4.08. The predicted molar refractivity (Wildman–Crippen MR) is 153 cm³/mol. The second-order valence-electron chi connectivity index (χ2n) is 9.93. The Bertz CT molecular complexity index is 1660. The summed E-state index contributed by atoms with van der Waals surface area (Å²) >= 11 is 6.45. The van der Waals surface area contributed by atoms with Gasteiger partial charge in [0.05, 0.1) is 17.8 Å². The van der Waals surface area contributed by atoms with Gasteiger partial charge < -0.3 is 16.4 Å². The summed E-state index contributed by atoms with van der Waals surface area (Å²) in [5.74, 6) is 0.897. The van der Waals surface area contributed by atoms with Gasteiger partial charge in [-0.05, 0) is 54.2 Å². The Morgan fingerprint density at radius 2 is 1.97 bits per heavy atom. The molecule has 1 aliphatic carbocycles. The molecule has 0 unspecified atom stereocenters. The molecule has 0 saturated heterocycles. The molecule has 1 saturated carbocycles. The first-order valence-electron chi connectivity index (χ1n) is 13.1. The molecule has 1 fully saturated rings. The van der Waals surface area contributed by atoms with E-state index in [1.165, 1.54) is 24.0 Å². The van der Waals surface area contributed by atoms with Crippen LogP contribution in [-0.2, 0) is 19.5 Å². The molecular weight excluding hydrogens is 512 g/mol. The van der Waals surface area contributed by atoms with Gasteiger partial charge in [0, 0.05) is 71.4 Å². The summed E-state index contributed by atoms with van der Waals surface area (Å²) in [4.78, 5) is 20.7. The van der Waals surface area contributed by atoms with E-state index in [1.807, 2.05) is 29.2 Å². The number of hydrogen-bond acceptors (Lipinski definition) is 7. The van der Waals surface area contributed by atoms with Crippen LogP contribution < -0.4 is 16.4 Å². The molecule has 5 aromatic rings. The van der Waals surface area contributed by atoms with Crippen LogP contribution in [0.3, 0.4) is 0 Å². The number of carbonyl (C=O) groups is 1. The molecule has 3 heterocycles. The third kappa shape index (κ3) is 5.69. The highest BCUT2D eigenvalue weighted by Crippen LogP contribution is 2.43. The number of primary amides is 1. The molecule has 0 radical (unpaired) electrons. The molecule has 9 nitrogen and oxygen atoms in total. The van der Waals surface area contributed by atoms with Crippen molar-refractivity contribution in [2.24, 2.45) is 5.73 Å². The first-order valence-corrected chi connectivity index (χ1v) is 13.5. The molecule has 0 atom stereocenters. The molecular formula is C29H29ClN8O. The topological polar surface area (TPSA) is 124 Å². The van der Waals surface area contributed by atoms with Crippen molar-refractivity contribution in [3.05, 3.63) is 88.5 Å². The summed E-state index contributed by atoms with van der Waals surface area (Å²) < 4.78 is 1.83. The fraction of sp³-hybridized carbons (Fsp3) is 0.276. The third-order valence-corrected chi connectivity index (χ3v) is 7.40. The zero-order valence-electron chi connectivity index (χ0n) is 21.4. The Morgan fingerprint density at radius 1 is 1.08 bits per heavy atom. The SMILES string of the molecule is NC(=O)c1ccc2c(c1)nc(NCCn1cc(CCNCc3ccc(C4CC4)c(Cl)c3)nn1)c1ccncc12. The number of nitrogens with zero attached hydrogens (tertiary/aromatic N) is 5. The minimum atomic E-state index is -0.483. The largest absolute Gasteiger partial charge is 0.368 e. The van der Waals surface area contributed by atoms with Gasteiger partial charge in [0.25, 0.3) is 0 Å². The summed E-state index contributed by atoms with van der Waals surface area (Å²) in [7, 11) is 0. The Balaban J connectivity index is 1.03. The van der Waals surface area contributed by atoms with Crippen LogP contribution in [0.4, 0.5) is 5.82 Å². The highest BCUT2D eigenvalue weighted by molar-refractivity contribution is 6.31. The van der Waals surface area contributed by atoms with Gasteiger partial charge in [0.1, 0.15) is 5.82 Å². The second-order valence-corrected chi connectivity index (χ2v) is 10.3. The normalized spacial score (nSPS) is 13.3. The summed E-state index contributed by atoms with van der Waals surface area (Å²) in [6.07, 6.45) is 8.82. The fourth-order valence-corrected chi connectivity index (χ4v) is 5.20. The second kappa shape index (κ2) is 11.0. The molecule has 0 bridgehead atoms. The molecule has 2 aromatic carbocycles. The zero-order chi connectivity index (χ0) is 26.8. The van der Waals surface area contributed by atoms with Crippen molar-refractivity contribution in [3.8, 4) is 0 Å². The number of halogens is 1. The lowest BCUT2D eigenvalue weighted by atomic mass is 10.1. The highest BCUT2D eigenvalue weighted by Gasteiger charge is 2.25. The predicted octanol–water partition coefficient (Wildman–Crippen LogP) is 4.45. The maximum Gasteiger partial charge on any atom is 0.248 e. The molecule has 3 aromatic heterocycles. The average molecular weight is 541 g/mol. The number of nitrogens with one attached hydrogen (secondary N) is 2. The van der Waals surface area contributed by atoms with Crippen molar-refractivity contribution in [1.29, 1.82) is 0 Å². The van der Waals surface area contributed by atoms with Gasteiger partial charge in [0.15, 0.2) is 0 Å². The summed E-state index contributed by atoms with van der Waals surface area (Å²) in [5.41, 5.74) is 9.98. The van der Waals surface area contributed by atoms with Crippen LogP contribution in [0.1, 0.15) is 45.9 Å².